The van der Waals surface area contributed by atoms with Gasteiger partial charge in [0.05, 0.1) is 4.92 Å². The monoisotopic (exact) mass is 286 g/mol. The maximum Gasteiger partial charge on any atom is 0.270 e. The number of nitro groups is 1. The highest BCUT2D eigenvalue weighted by Crippen LogP contribution is 2.29. The number of phenolic OH excluding ortho intramolecular Hbond substituents is 2. The van der Waals surface area contributed by atoms with Crippen LogP contribution >= 0.6 is 0 Å². The summed E-state index contributed by atoms with van der Waals surface area (Å²) >= 11 is 0. The van der Waals surface area contributed by atoms with Crippen LogP contribution in [0.15, 0.2) is 35.3 Å². The molecule has 2 aromatic carbocycles. The standard InChI is InChI=1S/C15H14N2O4/c1-9-3-4-13(14(18)5-9)16-8-11-7-12(17(20)21)6-10(2)15(11)19/h3-8,18-19H,1-2H3. The Morgan fingerprint density at radius 3 is 2.52 bits per heavy atom. The Bertz CT molecular complexity index is 739. The number of benzene rings is 2. The molecular formula is C15H14N2O4. The van der Waals surface area contributed by atoms with Crippen LogP contribution in [-0.2, 0) is 0 Å². The molecule has 0 spiro atoms. The predicted octanol–water partition coefficient (Wildman–Crippen LogP) is 3.37. The number of aromatic hydroxyl groups is 2. The van der Waals surface area contributed by atoms with Crippen LogP contribution in [0.4, 0.5) is 11.4 Å². The quantitative estimate of drug-likeness (QED) is 0.513. The normalized spacial score (nSPS) is 11.0. The fourth-order valence-corrected chi connectivity index (χ4v) is 1.87. The Labute approximate surface area is 121 Å². The molecule has 0 saturated carbocycles. The summed E-state index contributed by atoms with van der Waals surface area (Å²) in [6.07, 6.45) is 1.29. The molecule has 6 heteroatoms. The van der Waals surface area contributed by atoms with Crippen LogP contribution in [0.25, 0.3) is 0 Å². The summed E-state index contributed by atoms with van der Waals surface area (Å²) in [6, 6.07) is 7.49. The number of hydrogen-bond donors (Lipinski definition) is 2. The number of aryl methyl sites for hydroxylation is 2. The van der Waals surface area contributed by atoms with Gasteiger partial charge in [0, 0.05) is 23.9 Å². The maximum atomic E-state index is 10.8. The first kappa shape index (κ1) is 14.5. The molecule has 2 rings (SSSR count). The highest BCUT2D eigenvalue weighted by atomic mass is 16.6. The minimum Gasteiger partial charge on any atom is -0.507 e. The minimum atomic E-state index is -0.535. The summed E-state index contributed by atoms with van der Waals surface area (Å²) in [5, 5.41) is 30.5. The van der Waals surface area contributed by atoms with Crippen molar-refractivity contribution in [2.75, 3.05) is 0 Å². The van der Waals surface area contributed by atoms with Crippen LogP contribution in [-0.4, -0.2) is 21.4 Å². The van der Waals surface area contributed by atoms with E-state index in [4.69, 9.17) is 0 Å². The van der Waals surface area contributed by atoms with Crippen LogP contribution in [0, 0.1) is 24.0 Å². The smallest absolute Gasteiger partial charge is 0.270 e. The lowest BCUT2D eigenvalue weighted by Gasteiger charge is -2.04. The molecule has 0 atom stereocenters. The fourth-order valence-electron chi connectivity index (χ4n) is 1.87. The number of non-ortho nitro benzene ring substituents is 1. The second-order valence-corrected chi connectivity index (χ2v) is 4.71. The summed E-state index contributed by atoms with van der Waals surface area (Å²) in [5.74, 6) is -0.0659. The van der Waals surface area contributed by atoms with Gasteiger partial charge in [-0.2, -0.15) is 0 Å². The molecule has 2 N–H and O–H groups in total. The molecule has 0 aliphatic heterocycles. The van der Waals surface area contributed by atoms with Crippen LogP contribution < -0.4 is 0 Å². The van der Waals surface area contributed by atoms with Gasteiger partial charge in [-0.3, -0.25) is 15.1 Å². The van der Waals surface area contributed by atoms with Gasteiger partial charge < -0.3 is 10.2 Å². The third-order valence-electron chi connectivity index (χ3n) is 3.00. The molecule has 0 unspecified atom stereocenters. The Morgan fingerprint density at radius 2 is 1.90 bits per heavy atom. The van der Waals surface area contributed by atoms with Crippen LogP contribution in [0.1, 0.15) is 16.7 Å². The Morgan fingerprint density at radius 1 is 1.19 bits per heavy atom. The maximum absolute atomic E-state index is 10.8. The van der Waals surface area contributed by atoms with Crippen molar-refractivity contribution in [2.24, 2.45) is 4.99 Å². The van der Waals surface area contributed by atoms with E-state index in [0.29, 0.717) is 11.3 Å². The summed E-state index contributed by atoms with van der Waals surface area (Å²) in [5.41, 5.74) is 1.70. The van der Waals surface area contributed by atoms with Crippen LogP contribution in [0.3, 0.4) is 0 Å². The van der Waals surface area contributed by atoms with Gasteiger partial charge in [0.25, 0.3) is 5.69 Å². The summed E-state index contributed by atoms with van der Waals surface area (Å²) in [6.45, 7) is 3.41. The Kier molecular flexibility index (Phi) is 3.89. The van der Waals surface area contributed by atoms with Crippen molar-refractivity contribution in [1.29, 1.82) is 0 Å². The third kappa shape index (κ3) is 3.17. The molecule has 0 aliphatic rings. The molecule has 0 heterocycles. The number of nitro benzene ring substituents is 1. The molecule has 0 aromatic heterocycles. The van der Waals surface area contributed by atoms with E-state index in [9.17, 15) is 20.3 Å². The van der Waals surface area contributed by atoms with Crippen molar-refractivity contribution in [3.63, 3.8) is 0 Å². The van der Waals surface area contributed by atoms with E-state index in [-0.39, 0.29) is 22.7 Å². The van der Waals surface area contributed by atoms with Crippen LogP contribution in [0.2, 0.25) is 0 Å². The van der Waals surface area contributed by atoms with Crippen molar-refractivity contribution in [2.45, 2.75) is 13.8 Å². The molecule has 0 fully saturated rings. The largest absolute Gasteiger partial charge is 0.507 e. The first-order valence-corrected chi connectivity index (χ1v) is 6.20. The van der Waals surface area contributed by atoms with Crippen molar-refractivity contribution in [3.05, 3.63) is 57.1 Å². The zero-order valence-corrected chi connectivity index (χ0v) is 11.6. The topological polar surface area (TPSA) is 96.0 Å². The summed E-state index contributed by atoms with van der Waals surface area (Å²) < 4.78 is 0. The van der Waals surface area contributed by atoms with Gasteiger partial charge in [0.2, 0.25) is 0 Å². The van der Waals surface area contributed by atoms with Crippen molar-refractivity contribution < 1.29 is 15.1 Å². The Balaban J connectivity index is 2.43. The first-order chi connectivity index (χ1) is 9.88. The lowest BCUT2D eigenvalue weighted by Crippen LogP contribution is -1.93. The molecule has 2 aromatic rings. The van der Waals surface area contributed by atoms with E-state index in [2.05, 4.69) is 4.99 Å². The van der Waals surface area contributed by atoms with E-state index in [0.717, 1.165) is 5.56 Å². The van der Waals surface area contributed by atoms with E-state index in [1.807, 2.05) is 6.92 Å². The van der Waals surface area contributed by atoms with E-state index < -0.39 is 4.92 Å². The molecule has 0 aliphatic carbocycles. The average Bonchev–Trinajstić information content (AvgIpc) is 2.41. The van der Waals surface area contributed by atoms with Gasteiger partial charge in [-0.1, -0.05) is 6.07 Å². The second-order valence-electron chi connectivity index (χ2n) is 4.71. The lowest BCUT2D eigenvalue weighted by molar-refractivity contribution is -0.384. The van der Waals surface area contributed by atoms with Crippen molar-refractivity contribution >= 4 is 17.6 Å². The molecule has 6 nitrogen and oxygen atoms in total. The molecule has 0 saturated heterocycles. The number of aliphatic imine (C=N–C) groups is 1. The summed E-state index contributed by atoms with van der Waals surface area (Å²) in [7, 11) is 0. The first-order valence-electron chi connectivity index (χ1n) is 6.20. The third-order valence-corrected chi connectivity index (χ3v) is 3.00. The molecular weight excluding hydrogens is 272 g/mol. The minimum absolute atomic E-state index is 0.00731. The average molecular weight is 286 g/mol. The van der Waals surface area contributed by atoms with E-state index >= 15 is 0 Å². The van der Waals surface area contributed by atoms with Crippen LogP contribution in [0.5, 0.6) is 11.5 Å². The van der Waals surface area contributed by atoms with E-state index in [1.165, 1.54) is 18.3 Å². The van der Waals surface area contributed by atoms with Crippen molar-refractivity contribution in [1.82, 2.24) is 0 Å². The van der Waals surface area contributed by atoms with Gasteiger partial charge in [0.1, 0.15) is 17.2 Å². The second kappa shape index (κ2) is 5.62. The number of hydrogen-bond acceptors (Lipinski definition) is 5. The lowest BCUT2D eigenvalue weighted by atomic mass is 10.1. The van der Waals surface area contributed by atoms with Gasteiger partial charge in [-0.05, 0) is 37.1 Å². The zero-order valence-electron chi connectivity index (χ0n) is 11.6. The molecule has 0 amide bonds. The highest BCUT2D eigenvalue weighted by molar-refractivity contribution is 5.87. The fraction of sp³-hybridized carbons (Fsp3) is 0.133. The molecule has 21 heavy (non-hydrogen) atoms. The molecule has 108 valence electrons. The highest BCUT2D eigenvalue weighted by Gasteiger charge is 2.12. The number of rotatable bonds is 3. The van der Waals surface area contributed by atoms with Gasteiger partial charge in [-0.25, -0.2) is 0 Å². The van der Waals surface area contributed by atoms with Gasteiger partial charge >= 0.3 is 0 Å². The van der Waals surface area contributed by atoms with E-state index in [1.54, 1.807) is 25.1 Å². The number of nitrogens with zero attached hydrogens (tertiary/aromatic N) is 2. The van der Waals surface area contributed by atoms with Crippen molar-refractivity contribution in [3.8, 4) is 11.5 Å². The van der Waals surface area contributed by atoms with Gasteiger partial charge in [0.15, 0.2) is 0 Å². The predicted molar refractivity (Wildman–Crippen MR) is 79.6 cm³/mol. The van der Waals surface area contributed by atoms with Gasteiger partial charge in [-0.15, -0.1) is 0 Å². The molecule has 0 bridgehead atoms. The Hall–Kier alpha value is -2.89. The summed E-state index contributed by atoms with van der Waals surface area (Å²) in [4.78, 5) is 14.3. The SMILES string of the molecule is Cc1ccc(N=Cc2cc([N+](=O)[O-])cc(C)c2O)c(O)c1. The number of phenols is 2. The zero-order chi connectivity index (χ0) is 15.6. The molecule has 0 radical (unpaired) electrons.